The van der Waals surface area contributed by atoms with E-state index in [0.717, 1.165) is 44.5 Å². The third kappa shape index (κ3) is 3.56. The highest BCUT2D eigenvalue weighted by Crippen LogP contribution is 2.23. The van der Waals surface area contributed by atoms with E-state index in [1.165, 1.54) is 0 Å². The minimum Gasteiger partial charge on any atom is -0.342 e. The summed E-state index contributed by atoms with van der Waals surface area (Å²) >= 11 is 0. The standard InChI is InChI=1S/C19H24N6O2/c1-14-20-21-22-25(14)17-6-4-5-16(13-17)19(27)24-11-7-15(8-12-24)18(26)23-9-2-3-10-23/h4-6,13,15H,2-3,7-12H2,1H3. The molecule has 8 heteroatoms. The number of hydrogen-bond acceptors (Lipinski definition) is 5. The van der Waals surface area contributed by atoms with E-state index < -0.39 is 0 Å². The maximum absolute atomic E-state index is 12.9. The number of likely N-dealkylation sites (tertiary alicyclic amines) is 2. The molecule has 0 radical (unpaired) electrons. The summed E-state index contributed by atoms with van der Waals surface area (Å²) in [6.07, 6.45) is 3.71. The van der Waals surface area contributed by atoms with Crippen LogP contribution in [0, 0.1) is 12.8 Å². The molecule has 0 saturated carbocycles. The van der Waals surface area contributed by atoms with Gasteiger partial charge in [0, 0.05) is 37.7 Å². The van der Waals surface area contributed by atoms with Crippen LogP contribution in [-0.2, 0) is 4.79 Å². The van der Waals surface area contributed by atoms with Gasteiger partial charge < -0.3 is 9.80 Å². The van der Waals surface area contributed by atoms with Crippen molar-refractivity contribution in [3.05, 3.63) is 35.7 Å². The molecule has 2 saturated heterocycles. The number of carbonyl (C=O) groups excluding carboxylic acids is 2. The summed E-state index contributed by atoms with van der Waals surface area (Å²) in [6, 6.07) is 7.34. The molecule has 4 rings (SSSR count). The summed E-state index contributed by atoms with van der Waals surface area (Å²) in [7, 11) is 0. The number of aryl methyl sites for hydroxylation is 1. The maximum atomic E-state index is 12.9. The molecule has 2 amide bonds. The molecule has 142 valence electrons. The number of nitrogens with zero attached hydrogens (tertiary/aromatic N) is 6. The van der Waals surface area contributed by atoms with Gasteiger partial charge in [0.05, 0.1) is 5.69 Å². The summed E-state index contributed by atoms with van der Waals surface area (Å²) in [5, 5.41) is 11.5. The van der Waals surface area contributed by atoms with Crippen LogP contribution in [0.4, 0.5) is 0 Å². The van der Waals surface area contributed by atoms with Crippen LogP contribution in [0.1, 0.15) is 41.9 Å². The number of rotatable bonds is 3. The van der Waals surface area contributed by atoms with Crippen molar-refractivity contribution < 1.29 is 9.59 Å². The SMILES string of the molecule is Cc1nnnn1-c1cccc(C(=O)N2CCC(C(=O)N3CCCC3)CC2)c1. The third-order valence-electron chi connectivity index (χ3n) is 5.51. The van der Waals surface area contributed by atoms with Gasteiger partial charge in [0.2, 0.25) is 5.91 Å². The third-order valence-corrected chi connectivity index (χ3v) is 5.51. The number of carbonyl (C=O) groups is 2. The zero-order valence-corrected chi connectivity index (χ0v) is 15.5. The zero-order chi connectivity index (χ0) is 18.8. The fourth-order valence-corrected chi connectivity index (χ4v) is 3.95. The summed E-state index contributed by atoms with van der Waals surface area (Å²) in [5.74, 6) is 0.994. The first kappa shape index (κ1) is 17.6. The van der Waals surface area contributed by atoms with Crippen LogP contribution in [0.2, 0.25) is 0 Å². The molecular formula is C19H24N6O2. The zero-order valence-electron chi connectivity index (χ0n) is 15.5. The normalized spacial score (nSPS) is 18.1. The minimum atomic E-state index is -0.00495. The highest BCUT2D eigenvalue weighted by molar-refractivity contribution is 5.95. The first-order valence-corrected chi connectivity index (χ1v) is 9.57. The molecule has 2 aliphatic heterocycles. The molecule has 0 unspecified atom stereocenters. The van der Waals surface area contributed by atoms with Crippen molar-refractivity contribution >= 4 is 11.8 Å². The van der Waals surface area contributed by atoms with E-state index in [9.17, 15) is 9.59 Å². The second kappa shape index (κ2) is 7.46. The van der Waals surface area contributed by atoms with Crippen LogP contribution in [0.5, 0.6) is 0 Å². The molecule has 2 aromatic rings. The molecule has 3 heterocycles. The van der Waals surface area contributed by atoms with E-state index in [0.29, 0.717) is 24.5 Å². The van der Waals surface area contributed by atoms with Gasteiger partial charge in [-0.2, -0.15) is 4.68 Å². The monoisotopic (exact) mass is 368 g/mol. The van der Waals surface area contributed by atoms with Crippen molar-refractivity contribution in [3.8, 4) is 5.69 Å². The van der Waals surface area contributed by atoms with E-state index in [4.69, 9.17) is 0 Å². The highest BCUT2D eigenvalue weighted by atomic mass is 16.2. The fraction of sp³-hybridized carbons (Fsp3) is 0.526. The van der Waals surface area contributed by atoms with E-state index in [1.54, 1.807) is 4.68 Å². The molecule has 2 fully saturated rings. The maximum Gasteiger partial charge on any atom is 0.253 e. The number of amides is 2. The number of piperidine rings is 1. The molecule has 0 atom stereocenters. The first-order valence-electron chi connectivity index (χ1n) is 9.57. The lowest BCUT2D eigenvalue weighted by Crippen LogP contribution is -2.43. The first-order chi connectivity index (χ1) is 13.1. The Morgan fingerprint density at radius 1 is 1.04 bits per heavy atom. The Bertz CT molecular complexity index is 834. The van der Waals surface area contributed by atoms with Gasteiger partial charge in [-0.05, 0) is 61.2 Å². The minimum absolute atomic E-state index is 0.00495. The van der Waals surface area contributed by atoms with Crippen LogP contribution in [0.25, 0.3) is 5.69 Å². The number of tetrazole rings is 1. The Labute approximate surface area is 158 Å². The number of hydrogen-bond donors (Lipinski definition) is 0. The summed E-state index contributed by atoms with van der Waals surface area (Å²) in [4.78, 5) is 29.3. The molecular weight excluding hydrogens is 344 g/mol. The van der Waals surface area contributed by atoms with E-state index >= 15 is 0 Å². The highest BCUT2D eigenvalue weighted by Gasteiger charge is 2.31. The lowest BCUT2D eigenvalue weighted by molar-refractivity contribution is -0.135. The molecule has 8 nitrogen and oxygen atoms in total. The van der Waals surface area contributed by atoms with Crippen molar-refractivity contribution in [2.24, 2.45) is 5.92 Å². The molecule has 0 bridgehead atoms. The fourth-order valence-electron chi connectivity index (χ4n) is 3.95. The molecule has 27 heavy (non-hydrogen) atoms. The molecule has 1 aromatic carbocycles. The Morgan fingerprint density at radius 3 is 2.44 bits per heavy atom. The Balaban J connectivity index is 1.41. The van der Waals surface area contributed by atoms with Crippen LogP contribution < -0.4 is 0 Å². The van der Waals surface area contributed by atoms with Crippen molar-refractivity contribution in [2.45, 2.75) is 32.6 Å². The van der Waals surface area contributed by atoms with E-state index in [1.807, 2.05) is 41.0 Å². The second-order valence-corrected chi connectivity index (χ2v) is 7.29. The summed E-state index contributed by atoms with van der Waals surface area (Å²) < 4.78 is 1.61. The predicted octanol–water partition coefficient (Wildman–Crippen LogP) is 1.45. The van der Waals surface area contributed by atoms with Gasteiger partial charge in [-0.3, -0.25) is 9.59 Å². The van der Waals surface area contributed by atoms with Gasteiger partial charge in [-0.25, -0.2) is 0 Å². The van der Waals surface area contributed by atoms with Gasteiger partial charge in [-0.1, -0.05) is 6.07 Å². The second-order valence-electron chi connectivity index (χ2n) is 7.29. The predicted molar refractivity (Wildman–Crippen MR) is 98.3 cm³/mol. The Kier molecular flexibility index (Phi) is 4.87. The van der Waals surface area contributed by atoms with Gasteiger partial charge in [0.25, 0.3) is 5.91 Å². The van der Waals surface area contributed by atoms with Gasteiger partial charge >= 0.3 is 0 Å². The molecule has 0 spiro atoms. The van der Waals surface area contributed by atoms with Crippen molar-refractivity contribution in [1.82, 2.24) is 30.0 Å². The van der Waals surface area contributed by atoms with Crippen LogP contribution in [0.15, 0.2) is 24.3 Å². The van der Waals surface area contributed by atoms with Crippen LogP contribution >= 0.6 is 0 Å². The van der Waals surface area contributed by atoms with Crippen molar-refractivity contribution in [3.63, 3.8) is 0 Å². The van der Waals surface area contributed by atoms with E-state index in [-0.39, 0.29) is 17.7 Å². The van der Waals surface area contributed by atoms with Crippen molar-refractivity contribution in [2.75, 3.05) is 26.2 Å². The average molecular weight is 368 g/mol. The average Bonchev–Trinajstić information content (AvgIpc) is 3.39. The molecule has 0 aliphatic carbocycles. The topological polar surface area (TPSA) is 84.2 Å². The quantitative estimate of drug-likeness (QED) is 0.819. The molecule has 1 aromatic heterocycles. The lowest BCUT2D eigenvalue weighted by Gasteiger charge is -2.33. The Morgan fingerprint density at radius 2 is 1.78 bits per heavy atom. The largest absolute Gasteiger partial charge is 0.342 e. The molecule has 2 aliphatic rings. The molecule has 0 N–H and O–H groups in total. The number of benzene rings is 1. The lowest BCUT2D eigenvalue weighted by atomic mass is 9.95. The van der Waals surface area contributed by atoms with Crippen LogP contribution in [0.3, 0.4) is 0 Å². The smallest absolute Gasteiger partial charge is 0.253 e. The summed E-state index contributed by atoms with van der Waals surface area (Å²) in [6.45, 7) is 4.84. The number of aromatic nitrogens is 4. The van der Waals surface area contributed by atoms with Gasteiger partial charge in [0.1, 0.15) is 0 Å². The van der Waals surface area contributed by atoms with E-state index in [2.05, 4.69) is 15.5 Å². The van der Waals surface area contributed by atoms with Crippen LogP contribution in [-0.4, -0.2) is 68.0 Å². The van der Waals surface area contributed by atoms with Gasteiger partial charge in [0.15, 0.2) is 5.82 Å². The van der Waals surface area contributed by atoms with Crippen molar-refractivity contribution in [1.29, 1.82) is 0 Å². The Hall–Kier alpha value is -2.77. The van der Waals surface area contributed by atoms with Gasteiger partial charge in [-0.15, -0.1) is 5.10 Å². The summed E-state index contributed by atoms with van der Waals surface area (Å²) in [5.41, 5.74) is 1.38.